The van der Waals surface area contributed by atoms with E-state index in [-0.39, 0.29) is 24.4 Å². The minimum absolute atomic E-state index is 0.0135. The molecule has 1 aromatic carbocycles. The molecular weight excluding hydrogens is 485 g/mol. The highest BCUT2D eigenvalue weighted by atomic mass is 19.1. The minimum Gasteiger partial charge on any atom is -0.494 e. The number of nitrogens with one attached hydrogen (secondary N) is 2. The quantitative estimate of drug-likeness (QED) is 0.351. The number of rotatable bonds is 8. The lowest BCUT2D eigenvalue weighted by atomic mass is 10.1. The molecule has 4 N–H and O–H groups in total. The molecule has 1 aliphatic heterocycles. The zero-order valence-electron chi connectivity index (χ0n) is 20.5. The first-order valence-electron chi connectivity index (χ1n) is 12.0. The average Bonchev–Trinajstić information content (AvgIpc) is 3.55. The number of aromatic amines is 1. The van der Waals surface area contributed by atoms with Crippen molar-refractivity contribution in [3.8, 4) is 22.8 Å². The lowest BCUT2D eigenvalue weighted by Gasteiger charge is -2.16. The number of methoxy groups -OCH3 is 1. The molecule has 1 saturated heterocycles. The van der Waals surface area contributed by atoms with E-state index >= 15 is 0 Å². The van der Waals surface area contributed by atoms with Crippen LogP contribution in [0.1, 0.15) is 28.9 Å². The summed E-state index contributed by atoms with van der Waals surface area (Å²) < 4.78 is 25.7. The van der Waals surface area contributed by atoms with Crippen LogP contribution in [0.25, 0.3) is 22.3 Å². The van der Waals surface area contributed by atoms with Gasteiger partial charge in [0.1, 0.15) is 29.9 Å². The van der Waals surface area contributed by atoms with Crippen molar-refractivity contribution in [1.82, 2.24) is 25.2 Å². The van der Waals surface area contributed by atoms with Gasteiger partial charge in [-0.1, -0.05) is 0 Å². The maximum Gasteiger partial charge on any atom is 0.255 e. The number of aryl methyl sites for hydroxylation is 1. The number of hydrogen-bond donors (Lipinski definition) is 4. The fraction of sp³-hybridized carbons (Fsp3) is 0.440. The highest BCUT2D eigenvalue weighted by Gasteiger charge is 2.35. The molecule has 37 heavy (non-hydrogen) atoms. The lowest BCUT2D eigenvalue weighted by molar-refractivity contribution is -0.133. The number of carbonyl (C=O) groups is 2. The van der Waals surface area contributed by atoms with Crippen LogP contribution in [0.5, 0.6) is 11.5 Å². The molecule has 2 fully saturated rings. The second kappa shape index (κ2) is 9.94. The van der Waals surface area contributed by atoms with Crippen LogP contribution < -0.4 is 14.8 Å². The number of aliphatic hydroxyl groups excluding tert-OH is 2. The maximum atomic E-state index is 14.5. The van der Waals surface area contributed by atoms with Gasteiger partial charge in [-0.3, -0.25) is 9.59 Å². The Bertz CT molecular complexity index is 1360. The Kier molecular flexibility index (Phi) is 6.69. The van der Waals surface area contributed by atoms with Crippen LogP contribution in [0.3, 0.4) is 0 Å². The van der Waals surface area contributed by atoms with Crippen molar-refractivity contribution in [2.24, 2.45) is 5.92 Å². The second-order valence-corrected chi connectivity index (χ2v) is 9.41. The Morgan fingerprint density at radius 1 is 1.24 bits per heavy atom. The fourth-order valence-electron chi connectivity index (χ4n) is 4.56. The van der Waals surface area contributed by atoms with Gasteiger partial charge < -0.3 is 34.9 Å². The van der Waals surface area contributed by atoms with E-state index < -0.39 is 36.4 Å². The smallest absolute Gasteiger partial charge is 0.255 e. The van der Waals surface area contributed by atoms with Gasteiger partial charge in [-0.05, 0) is 31.7 Å². The molecule has 12 heteroatoms. The van der Waals surface area contributed by atoms with Crippen LogP contribution >= 0.6 is 0 Å². The molecule has 0 radical (unpaired) electrons. The molecule has 3 aromatic rings. The first-order chi connectivity index (χ1) is 17.8. The molecule has 2 amide bonds. The molecule has 11 nitrogen and oxygen atoms in total. The number of benzene rings is 1. The first-order valence-corrected chi connectivity index (χ1v) is 12.0. The minimum atomic E-state index is -0.979. The largest absolute Gasteiger partial charge is 0.494 e. The number of fused-ring (bicyclic) bond motifs is 1. The van der Waals surface area contributed by atoms with Gasteiger partial charge in [-0.25, -0.2) is 14.4 Å². The third-order valence-electron chi connectivity index (χ3n) is 6.77. The van der Waals surface area contributed by atoms with Crippen LogP contribution in [-0.2, 0) is 4.79 Å². The SMILES string of the molecule is COc1cc(-c2ncnc3c(C(=O)N[C@@H]4CN(C(=O)CO)C[C@@H]4O)c(C)[nH]c23)c(OCC2CC2)cc1F. The topological polar surface area (TPSA) is 150 Å². The molecule has 2 atom stereocenters. The highest BCUT2D eigenvalue weighted by molar-refractivity contribution is 6.09. The van der Waals surface area contributed by atoms with Gasteiger partial charge in [0.05, 0.1) is 36.9 Å². The molecule has 1 saturated carbocycles. The van der Waals surface area contributed by atoms with E-state index in [9.17, 15) is 19.1 Å². The number of ether oxygens (including phenoxy) is 2. The molecule has 196 valence electrons. The highest BCUT2D eigenvalue weighted by Crippen LogP contribution is 2.39. The number of halogens is 1. The third kappa shape index (κ3) is 4.81. The Morgan fingerprint density at radius 3 is 2.73 bits per heavy atom. The van der Waals surface area contributed by atoms with Gasteiger partial charge in [0, 0.05) is 30.4 Å². The summed E-state index contributed by atoms with van der Waals surface area (Å²) in [6.45, 7) is 1.59. The standard InChI is InChI=1S/C25H28FN5O6/c1-12-21(25(35)30-16-7-31(8-17(16)33)20(34)9-32)23-24(29-12)22(27-11-28-23)14-5-19(36-2)15(26)6-18(14)37-10-13-3-4-13/h5-6,11,13,16-17,29,32-33H,3-4,7-10H2,1-2H3,(H,30,35)/t16-,17+/m1/s1. The summed E-state index contributed by atoms with van der Waals surface area (Å²) in [5, 5.41) is 22.2. The summed E-state index contributed by atoms with van der Waals surface area (Å²) in [6.07, 6.45) is 2.48. The van der Waals surface area contributed by atoms with E-state index in [0.717, 1.165) is 12.8 Å². The number of amides is 2. The number of aliphatic hydroxyl groups is 2. The number of aromatic nitrogens is 3. The van der Waals surface area contributed by atoms with E-state index in [4.69, 9.17) is 14.6 Å². The van der Waals surface area contributed by atoms with Crippen molar-refractivity contribution in [3.05, 3.63) is 35.5 Å². The molecule has 0 bridgehead atoms. The third-order valence-corrected chi connectivity index (χ3v) is 6.77. The van der Waals surface area contributed by atoms with Crippen molar-refractivity contribution >= 4 is 22.8 Å². The molecule has 0 unspecified atom stereocenters. The van der Waals surface area contributed by atoms with Crippen LogP contribution in [0.15, 0.2) is 18.5 Å². The molecular formula is C25H28FN5O6. The number of hydrogen-bond acceptors (Lipinski definition) is 8. The van der Waals surface area contributed by atoms with Crippen LogP contribution in [0.4, 0.5) is 4.39 Å². The van der Waals surface area contributed by atoms with Crippen molar-refractivity contribution in [2.75, 3.05) is 33.4 Å². The van der Waals surface area contributed by atoms with E-state index in [1.165, 1.54) is 30.5 Å². The molecule has 3 heterocycles. The summed E-state index contributed by atoms with van der Waals surface area (Å²) in [4.78, 5) is 38.3. The number of nitrogens with zero attached hydrogens (tertiary/aromatic N) is 3. The van der Waals surface area contributed by atoms with Crippen molar-refractivity contribution < 1.29 is 33.7 Å². The van der Waals surface area contributed by atoms with E-state index in [1.54, 1.807) is 6.92 Å². The number of H-pyrrole nitrogens is 1. The van der Waals surface area contributed by atoms with E-state index in [2.05, 4.69) is 20.3 Å². The molecule has 2 aliphatic rings. The predicted octanol–water partition coefficient (Wildman–Crippen LogP) is 1.16. The Labute approximate surface area is 211 Å². The Morgan fingerprint density at radius 2 is 2.03 bits per heavy atom. The number of β-amino-alcohol motifs (C(OH)–C–C–N with tert-alkyl or cyclic N) is 1. The van der Waals surface area contributed by atoms with Gasteiger partial charge in [0.2, 0.25) is 5.91 Å². The molecule has 0 spiro atoms. The van der Waals surface area contributed by atoms with Gasteiger partial charge in [0.25, 0.3) is 5.91 Å². The van der Waals surface area contributed by atoms with Gasteiger partial charge in [0.15, 0.2) is 11.6 Å². The van der Waals surface area contributed by atoms with Gasteiger partial charge in [-0.15, -0.1) is 0 Å². The summed E-state index contributed by atoms with van der Waals surface area (Å²) in [6, 6.07) is 2.07. The monoisotopic (exact) mass is 513 g/mol. The average molecular weight is 514 g/mol. The Hall–Kier alpha value is -3.77. The van der Waals surface area contributed by atoms with Crippen molar-refractivity contribution in [3.63, 3.8) is 0 Å². The summed E-state index contributed by atoms with van der Waals surface area (Å²) in [7, 11) is 1.37. The predicted molar refractivity (Wildman–Crippen MR) is 130 cm³/mol. The zero-order valence-corrected chi connectivity index (χ0v) is 20.5. The van der Waals surface area contributed by atoms with Gasteiger partial charge >= 0.3 is 0 Å². The summed E-state index contributed by atoms with van der Waals surface area (Å²) in [5.74, 6) is -0.788. The molecule has 5 rings (SSSR count). The maximum absolute atomic E-state index is 14.5. The summed E-state index contributed by atoms with van der Waals surface area (Å²) in [5.41, 5.74) is 2.47. The van der Waals surface area contributed by atoms with Crippen molar-refractivity contribution in [2.45, 2.75) is 31.9 Å². The van der Waals surface area contributed by atoms with E-state index in [1.807, 2.05) is 0 Å². The number of likely N-dealkylation sites (tertiary alicyclic amines) is 1. The second-order valence-electron chi connectivity index (χ2n) is 9.41. The van der Waals surface area contributed by atoms with Crippen LogP contribution in [-0.4, -0.2) is 87.4 Å². The molecule has 1 aliphatic carbocycles. The summed E-state index contributed by atoms with van der Waals surface area (Å²) >= 11 is 0. The fourth-order valence-corrected chi connectivity index (χ4v) is 4.56. The Balaban J connectivity index is 1.49. The normalized spacial score (nSPS) is 19.3. The van der Waals surface area contributed by atoms with Gasteiger partial charge in [-0.2, -0.15) is 0 Å². The molecule has 2 aromatic heterocycles. The van der Waals surface area contributed by atoms with Crippen molar-refractivity contribution in [1.29, 1.82) is 0 Å². The van der Waals surface area contributed by atoms with Crippen LogP contribution in [0, 0.1) is 18.7 Å². The lowest BCUT2D eigenvalue weighted by Crippen LogP contribution is -2.43. The first kappa shape index (κ1) is 24.9. The van der Waals surface area contributed by atoms with Crippen LogP contribution in [0.2, 0.25) is 0 Å². The zero-order chi connectivity index (χ0) is 26.3. The number of carbonyl (C=O) groups excluding carboxylic acids is 2. The van der Waals surface area contributed by atoms with E-state index in [0.29, 0.717) is 46.3 Å².